The van der Waals surface area contributed by atoms with Crippen molar-refractivity contribution in [3.05, 3.63) is 32.4 Å². The van der Waals surface area contributed by atoms with E-state index in [1.54, 1.807) is 25.1 Å². The van der Waals surface area contributed by atoms with Crippen molar-refractivity contribution in [3.63, 3.8) is 0 Å². The van der Waals surface area contributed by atoms with E-state index < -0.39 is 6.10 Å². The number of aliphatic hydroxyl groups excluding tert-OH is 1. The topological polar surface area (TPSA) is 49.3 Å². The molecule has 2 unspecified atom stereocenters. The minimum atomic E-state index is -0.425. The van der Waals surface area contributed by atoms with Crippen LogP contribution in [0.2, 0.25) is 5.02 Å². The van der Waals surface area contributed by atoms with Gasteiger partial charge in [-0.2, -0.15) is 0 Å². The summed E-state index contributed by atoms with van der Waals surface area (Å²) in [6.07, 6.45) is 0.106. The first-order chi connectivity index (χ1) is 7.90. The molecular weight excluding hydrogens is 352 g/mol. The van der Waals surface area contributed by atoms with Crippen molar-refractivity contribution in [1.29, 1.82) is 0 Å². The molecule has 17 heavy (non-hydrogen) atoms. The van der Waals surface area contributed by atoms with Crippen LogP contribution in [-0.2, 0) is 0 Å². The smallest absolute Gasteiger partial charge is 0.251 e. The lowest BCUT2D eigenvalue weighted by Gasteiger charge is -2.15. The molecule has 0 aliphatic heterocycles. The molecule has 0 aromatic heterocycles. The van der Waals surface area contributed by atoms with E-state index in [9.17, 15) is 9.90 Å². The Labute approximate surface area is 120 Å². The zero-order valence-electron chi connectivity index (χ0n) is 9.71. The van der Waals surface area contributed by atoms with E-state index in [4.69, 9.17) is 11.6 Å². The van der Waals surface area contributed by atoms with Crippen LogP contribution in [0.15, 0.2) is 18.2 Å². The van der Waals surface area contributed by atoms with Gasteiger partial charge < -0.3 is 10.4 Å². The van der Waals surface area contributed by atoms with Gasteiger partial charge in [-0.1, -0.05) is 11.6 Å². The van der Waals surface area contributed by atoms with Gasteiger partial charge in [0.05, 0.1) is 11.1 Å². The fourth-order valence-electron chi connectivity index (χ4n) is 1.52. The largest absolute Gasteiger partial charge is 0.393 e. The summed E-state index contributed by atoms with van der Waals surface area (Å²) in [7, 11) is 0. The number of rotatable bonds is 4. The minimum Gasteiger partial charge on any atom is -0.393 e. The number of nitrogens with one attached hydrogen (secondary N) is 1. The predicted molar refractivity (Wildman–Crippen MR) is 77.4 cm³/mol. The summed E-state index contributed by atoms with van der Waals surface area (Å²) in [4.78, 5) is 11.8. The van der Waals surface area contributed by atoms with Gasteiger partial charge in [0.15, 0.2) is 0 Å². The highest BCUT2D eigenvalue weighted by molar-refractivity contribution is 14.1. The fourth-order valence-corrected chi connectivity index (χ4v) is 2.03. The Kier molecular flexibility index (Phi) is 5.69. The van der Waals surface area contributed by atoms with Gasteiger partial charge in [-0.05, 0) is 61.1 Å². The van der Waals surface area contributed by atoms with E-state index in [-0.39, 0.29) is 11.9 Å². The number of hydrogen-bond donors (Lipinski definition) is 2. The maximum absolute atomic E-state index is 11.8. The standard InChI is InChI=1S/C12H15ClINO2/c1-7(5-8(2)16)15-12(17)9-3-4-11(14)10(13)6-9/h3-4,6-8,16H,5H2,1-2H3,(H,15,17). The summed E-state index contributed by atoms with van der Waals surface area (Å²) in [5, 5.41) is 12.6. The van der Waals surface area contributed by atoms with Crippen molar-refractivity contribution in [1.82, 2.24) is 5.32 Å². The second-order valence-electron chi connectivity index (χ2n) is 4.09. The summed E-state index contributed by atoms with van der Waals surface area (Å²) >= 11 is 8.06. The molecule has 1 rings (SSSR count). The Bertz CT molecular complexity index is 409. The molecular formula is C12H15ClINO2. The summed E-state index contributed by atoms with van der Waals surface area (Å²) in [6.45, 7) is 3.56. The molecule has 0 saturated heterocycles. The van der Waals surface area contributed by atoms with Gasteiger partial charge in [0.25, 0.3) is 5.91 Å². The van der Waals surface area contributed by atoms with Crippen molar-refractivity contribution in [2.45, 2.75) is 32.4 Å². The number of benzene rings is 1. The van der Waals surface area contributed by atoms with Crippen LogP contribution in [0.25, 0.3) is 0 Å². The van der Waals surface area contributed by atoms with Crippen LogP contribution in [0.1, 0.15) is 30.6 Å². The maximum Gasteiger partial charge on any atom is 0.251 e. The molecule has 0 bridgehead atoms. The first-order valence-corrected chi connectivity index (χ1v) is 6.79. The van der Waals surface area contributed by atoms with E-state index in [0.717, 1.165) is 3.57 Å². The SMILES string of the molecule is CC(O)CC(C)NC(=O)c1ccc(I)c(Cl)c1. The van der Waals surface area contributed by atoms with Crippen LogP contribution < -0.4 is 5.32 Å². The van der Waals surface area contributed by atoms with Crippen LogP contribution in [-0.4, -0.2) is 23.2 Å². The Morgan fingerprint density at radius 3 is 2.71 bits per heavy atom. The molecule has 0 aliphatic rings. The first kappa shape index (κ1) is 14.7. The highest BCUT2D eigenvalue weighted by Crippen LogP contribution is 2.19. The average Bonchev–Trinajstić information content (AvgIpc) is 2.20. The molecule has 0 aliphatic carbocycles. The molecule has 1 aromatic rings. The molecule has 2 N–H and O–H groups in total. The maximum atomic E-state index is 11.8. The zero-order valence-corrected chi connectivity index (χ0v) is 12.6. The number of carbonyl (C=O) groups excluding carboxylic acids is 1. The van der Waals surface area contributed by atoms with E-state index >= 15 is 0 Å². The summed E-state index contributed by atoms with van der Waals surface area (Å²) in [6, 6.07) is 5.11. The lowest BCUT2D eigenvalue weighted by atomic mass is 10.1. The highest BCUT2D eigenvalue weighted by atomic mass is 127. The number of halogens is 2. The monoisotopic (exact) mass is 367 g/mol. The Hall–Kier alpha value is -0.330. The van der Waals surface area contributed by atoms with Crippen LogP contribution >= 0.6 is 34.2 Å². The van der Waals surface area contributed by atoms with E-state index in [2.05, 4.69) is 27.9 Å². The van der Waals surface area contributed by atoms with Gasteiger partial charge in [0.2, 0.25) is 0 Å². The van der Waals surface area contributed by atoms with Crippen molar-refractivity contribution in [3.8, 4) is 0 Å². The molecule has 2 atom stereocenters. The van der Waals surface area contributed by atoms with Crippen LogP contribution in [0.4, 0.5) is 0 Å². The van der Waals surface area contributed by atoms with E-state index in [1.807, 2.05) is 6.92 Å². The van der Waals surface area contributed by atoms with Crippen molar-refractivity contribution in [2.75, 3.05) is 0 Å². The molecule has 5 heteroatoms. The molecule has 0 saturated carbocycles. The minimum absolute atomic E-state index is 0.0689. The Balaban J connectivity index is 2.66. The molecule has 1 amide bonds. The normalized spacial score (nSPS) is 14.2. The second-order valence-corrected chi connectivity index (χ2v) is 5.66. The quantitative estimate of drug-likeness (QED) is 0.804. The molecule has 0 spiro atoms. The van der Waals surface area contributed by atoms with Crippen LogP contribution in [0.5, 0.6) is 0 Å². The third kappa shape index (κ3) is 4.81. The van der Waals surface area contributed by atoms with Crippen molar-refractivity contribution >= 4 is 40.1 Å². The lowest BCUT2D eigenvalue weighted by Crippen LogP contribution is -2.34. The number of aliphatic hydroxyl groups is 1. The number of carbonyl (C=O) groups is 1. The van der Waals surface area contributed by atoms with Crippen molar-refractivity contribution < 1.29 is 9.90 Å². The fraction of sp³-hybridized carbons (Fsp3) is 0.417. The molecule has 0 radical (unpaired) electrons. The second kappa shape index (κ2) is 6.56. The molecule has 3 nitrogen and oxygen atoms in total. The van der Waals surface area contributed by atoms with E-state index in [0.29, 0.717) is 17.0 Å². The third-order valence-corrected chi connectivity index (χ3v) is 3.83. The number of amides is 1. The van der Waals surface area contributed by atoms with E-state index in [1.165, 1.54) is 0 Å². The molecule has 94 valence electrons. The van der Waals surface area contributed by atoms with Gasteiger partial charge in [-0.15, -0.1) is 0 Å². The first-order valence-electron chi connectivity index (χ1n) is 5.34. The Morgan fingerprint density at radius 1 is 1.53 bits per heavy atom. The molecule has 1 aromatic carbocycles. The third-order valence-electron chi connectivity index (χ3n) is 2.25. The van der Waals surface area contributed by atoms with Crippen LogP contribution in [0.3, 0.4) is 0 Å². The summed E-state index contributed by atoms with van der Waals surface area (Å²) in [5.74, 6) is -0.170. The van der Waals surface area contributed by atoms with Crippen molar-refractivity contribution in [2.24, 2.45) is 0 Å². The lowest BCUT2D eigenvalue weighted by molar-refractivity contribution is 0.0923. The molecule has 0 heterocycles. The predicted octanol–water partition coefficient (Wildman–Crippen LogP) is 2.83. The van der Waals surface area contributed by atoms with Gasteiger partial charge in [0, 0.05) is 15.2 Å². The van der Waals surface area contributed by atoms with Gasteiger partial charge in [-0.3, -0.25) is 4.79 Å². The van der Waals surface area contributed by atoms with Gasteiger partial charge in [-0.25, -0.2) is 0 Å². The molecule has 0 fully saturated rings. The Morgan fingerprint density at radius 2 is 2.18 bits per heavy atom. The van der Waals surface area contributed by atoms with Gasteiger partial charge in [0.1, 0.15) is 0 Å². The highest BCUT2D eigenvalue weighted by Gasteiger charge is 2.12. The van der Waals surface area contributed by atoms with Gasteiger partial charge >= 0.3 is 0 Å². The van der Waals surface area contributed by atoms with Crippen LogP contribution in [0, 0.1) is 3.57 Å². The zero-order chi connectivity index (χ0) is 13.0. The summed E-state index contributed by atoms with van der Waals surface area (Å²) < 4.78 is 0.915. The number of hydrogen-bond acceptors (Lipinski definition) is 2. The summed E-state index contributed by atoms with van der Waals surface area (Å²) in [5.41, 5.74) is 0.535. The average molecular weight is 368 g/mol.